The minimum absolute atomic E-state index is 0.216. The topological polar surface area (TPSA) is 94.4 Å². The van der Waals surface area contributed by atoms with Gasteiger partial charge in [-0.15, -0.1) is 0 Å². The summed E-state index contributed by atoms with van der Waals surface area (Å²) in [5.74, 6) is 1.58. The lowest BCUT2D eigenvalue weighted by molar-refractivity contribution is 0.192. The van der Waals surface area contributed by atoms with E-state index in [2.05, 4.69) is 10.1 Å². The molecule has 0 radical (unpaired) electrons. The summed E-state index contributed by atoms with van der Waals surface area (Å²) in [6.07, 6.45) is 1.51. The van der Waals surface area contributed by atoms with Gasteiger partial charge in [0.2, 0.25) is 5.89 Å². The number of benzene rings is 1. The van der Waals surface area contributed by atoms with Crippen LogP contribution in [-0.4, -0.2) is 28.5 Å². The Morgan fingerprint density at radius 3 is 2.85 bits per heavy atom. The highest BCUT2D eigenvalue weighted by atomic mass is 16.5. The molecule has 106 valence electrons. The molecular formula is C14H17N3O3. The van der Waals surface area contributed by atoms with Crippen LogP contribution in [0.2, 0.25) is 0 Å². The summed E-state index contributed by atoms with van der Waals surface area (Å²) in [7, 11) is 0. The van der Waals surface area contributed by atoms with Gasteiger partial charge in [0.05, 0.1) is 12.6 Å². The molecule has 1 fully saturated rings. The monoisotopic (exact) mass is 275 g/mol. The third-order valence-corrected chi connectivity index (χ3v) is 3.46. The molecule has 3 N–H and O–H groups in total. The lowest BCUT2D eigenvalue weighted by atomic mass is 10.1. The molecule has 0 aliphatic carbocycles. The normalized spacial score (nSPS) is 20.1. The van der Waals surface area contributed by atoms with E-state index in [1.807, 2.05) is 12.1 Å². The van der Waals surface area contributed by atoms with Crippen LogP contribution in [0.25, 0.3) is 0 Å². The maximum Gasteiger partial charge on any atom is 0.243 e. The Kier molecular flexibility index (Phi) is 3.66. The molecule has 0 bridgehead atoms. The lowest BCUT2D eigenvalue weighted by Crippen LogP contribution is -2.14. The van der Waals surface area contributed by atoms with Crippen molar-refractivity contribution in [3.63, 3.8) is 0 Å². The van der Waals surface area contributed by atoms with Gasteiger partial charge in [-0.05, 0) is 30.5 Å². The number of phenols is 1. The first kappa shape index (κ1) is 13.1. The third-order valence-electron chi connectivity index (χ3n) is 3.46. The summed E-state index contributed by atoms with van der Waals surface area (Å²) in [6.45, 7) is 1.39. The zero-order chi connectivity index (χ0) is 13.9. The van der Waals surface area contributed by atoms with Crippen LogP contribution >= 0.6 is 0 Å². The zero-order valence-corrected chi connectivity index (χ0v) is 11.0. The molecule has 1 aromatic carbocycles. The SMILES string of the molecule is NC(Cc1ccc(O)cc1)c1nc(C2CCOC2)no1. The van der Waals surface area contributed by atoms with Gasteiger partial charge < -0.3 is 20.1 Å². The van der Waals surface area contributed by atoms with Crippen molar-refractivity contribution >= 4 is 0 Å². The molecule has 1 aliphatic rings. The van der Waals surface area contributed by atoms with E-state index in [0.717, 1.165) is 18.6 Å². The first-order valence-electron chi connectivity index (χ1n) is 6.67. The van der Waals surface area contributed by atoms with Crippen LogP contribution in [0.15, 0.2) is 28.8 Å². The minimum Gasteiger partial charge on any atom is -0.508 e. The van der Waals surface area contributed by atoms with Crippen LogP contribution in [0.4, 0.5) is 0 Å². The molecule has 6 nitrogen and oxygen atoms in total. The van der Waals surface area contributed by atoms with Gasteiger partial charge in [-0.2, -0.15) is 4.98 Å². The molecule has 0 amide bonds. The van der Waals surface area contributed by atoms with E-state index in [4.69, 9.17) is 15.0 Å². The van der Waals surface area contributed by atoms with Crippen molar-refractivity contribution in [1.82, 2.24) is 10.1 Å². The standard InChI is InChI=1S/C14H17N3O3/c15-12(7-9-1-3-11(18)4-2-9)14-16-13(17-20-14)10-5-6-19-8-10/h1-4,10,12,18H,5-8,15H2. The summed E-state index contributed by atoms with van der Waals surface area (Å²) >= 11 is 0. The number of hydrogen-bond donors (Lipinski definition) is 2. The summed E-state index contributed by atoms with van der Waals surface area (Å²) in [5, 5.41) is 13.2. The molecule has 2 heterocycles. The van der Waals surface area contributed by atoms with Crippen molar-refractivity contribution in [3.05, 3.63) is 41.5 Å². The molecule has 20 heavy (non-hydrogen) atoms. The van der Waals surface area contributed by atoms with Gasteiger partial charge >= 0.3 is 0 Å². The van der Waals surface area contributed by atoms with Gasteiger partial charge in [0.15, 0.2) is 5.82 Å². The van der Waals surface area contributed by atoms with E-state index in [9.17, 15) is 5.11 Å². The maximum atomic E-state index is 9.25. The maximum absolute atomic E-state index is 9.25. The van der Waals surface area contributed by atoms with E-state index in [0.29, 0.717) is 24.7 Å². The molecule has 2 aromatic rings. The van der Waals surface area contributed by atoms with Crippen LogP contribution < -0.4 is 5.73 Å². The molecule has 1 aromatic heterocycles. The largest absolute Gasteiger partial charge is 0.508 e. The smallest absolute Gasteiger partial charge is 0.243 e. The summed E-state index contributed by atoms with van der Waals surface area (Å²) in [5.41, 5.74) is 7.10. The molecule has 2 unspecified atom stereocenters. The van der Waals surface area contributed by atoms with Gasteiger partial charge in [-0.25, -0.2) is 0 Å². The Morgan fingerprint density at radius 2 is 2.15 bits per heavy atom. The van der Waals surface area contributed by atoms with Gasteiger partial charge in [0.1, 0.15) is 5.75 Å². The second-order valence-electron chi connectivity index (χ2n) is 5.03. The number of nitrogens with zero attached hydrogens (tertiary/aromatic N) is 2. The zero-order valence-electron chi connectivity index (χ0n) is 11.0. The highest BCUT2D eigenvalue weighted by molar-refractivity contribution is 5.26. The predicted octanol–water partition coefficient (Wildman–Crippen LogP) is 1.52. The summed E-state index contributed by atoms with van der Waals surface area (Å²) in [6, 6.07) is 6.59. The number of phenolic OH excluding ortho intramolecular Hbond substituents is 1. The van der Waals surface area contributed by atoms with Crippen LogP contribution in [0.5, 0.6) is 5.75 Å². The fraction of sp³-hybridized carbons (Fsp3) is 0.429. The van der Waals surface area contributed by atoms with Crippen molar-refractivity contribution < 1.29 is 14.4 Å². The fourth-order valence-electron chi connectivity index (χ4n) is 2.28. The van der Waals surface area contributed by atoms with E-state index >= 15 is 0 Å². The van der Waals surface area contributed by atoms with Gasteiger partial charge in [0.25, 0.3) is 0 Å². The van der Waals surface area contributed by atoms with E-state index in [1.165, 1.54) is 0 Å². The number of ether oxygens (including phenoxy) is 1. The summed E-state index contributed by atoms with van der Waals surface area (Å²) in [4.78, 5) is 4.37. The van der Waals surface area contributed by atoms with Crippen LogP contribution in [0.1, 0.15) is 35.7 Å². The molecule has 1 saturated heterocycles. The number of nitrogens with two attached hydrogens (primary N) is 1. The highest BCUT2D eigenvalue weighted by Crippen LogP contribution is 2.24. The third kappa shape index (κ3) is 2.81. The Bertz CT molecular complexity index is 561. The van der Waals surface area contributed by atoms with Crippen LogP contribution in [-0.2, 0) is 11.2 Å². The van der Waals surface area contributed by atoms with Gasteiger partial charge in [-0.1, -0.05) is 17.3 Å². The first-order valence-corrected chi connectivity index (χ1v) is 6.67. The van der Waals surface area contributed by atoms with Gasteiger partial charge in [-0.3, -0.25) is 0 Å². The number of aromatic hydroxyl groups is 1. The molecule has 2 atom stereocenters. The highest BCUT2D eigenvalue weighted by Gasteiger charge is 2.24. The van der Waals surface area contributed by atoms with Crippen LogP contribution in [0, 0.1) is 0 Å². The summed E-state index contributed by atoms with van der Waals surface area (Å²) < 4.78 is 10.6. The molecular weight excluding hydrogens is 258 g/mol. The number of rotatable bonds is 4. The minimum atomic E-state index is -0.344. The molecule has 0 spiro atoms. The lowest BCUT2D eigenvalue weighted by Gasteiger charge is -2.06. The Labute approximate surface area is 116 Å². The molecule has 3 rings (SSSR count). The van der Waals surface area contributed by atoms with Crippen molar-refractivity contribution in [2.24, 2.45) is 5.73 Å². The first-order chi connectivity index (χ1) is 9.72. The van der Waals surface area contributed by atoms with Crippen molar-refractivity contribution in [2.75, 3.05) is 13.2 Å². The van der Waals surface area contributed by atoms with E-state index in [1.54, 1.807) is 12.1 Å². The molecule has 0 saturated carbocycles. The predicted molar refractivity (Wildman–Crippen MR) is 71.2 cm³/mol. The average molecular weight is 275 g/mol. The second kappa shape index (κ2) is 5.60. The Morgan fingerprint density at radius 1 is 1.35 bits per heavy atom. The van der Waals surface area contributed by atoms with E-state index < -0.39 is 0 Å². The van der Waals surface area contributed by atoms with Crippen molar-refractivity contribution in [1.29, 1.82) is 0 Å². The van der Waals surface area contributed by atoms with E-state index in [-0.39, 0.29) is 17.7 Å². The number of aromatic nitrogens is 2. The quantitative estimate of drug-likeness (QED) is 0.878. The average Bonchev–Trinajstić information content (AvgIpc) is 3.11. The number of hydrogen-bond acceptors (Lipinski definition) is 6. The van der Waals surface area contributed by atoms with Crippen molar-refractivity contribution in [2.45, 2.75) is 24.8 Å². The molecule has 1 aliphatic heterocycles. The van der Waals surface area contributed by atoms with Crippen LogP contribution in [0.3, 0.4) is 0 Å². The second-order valence-corrected chi connectivity index (χ2v) is 5.03. The Balaban J connectivity index is 1.67. The Hall–Kier alpha value is -1.92. The van der Waals surface area contributed by atoms with Crippen molar-refractivity contribution in [3.8, 4) is 5.75 Å². The molecule has 6 heteroatoms. The van der Waals surface area contributed by atoms with Gasteiger partial charge in [0, 0.05) is 12.5 Å². The fourth-order valence-corrected chi connectivity index (χ4v) is 2.28.